The Balaban J connectivity index is 1.63. The summed E-state index contributed by atoms with van der Waals surface area (Å²) in [6.07, 6.45) is 5.54. The smallest absolute Gasteiger partial charge is 0.138 e. The van der Waals surface area contributed by atoms with Gasteiger partial charge in [0.2, 0.25) is 0 Å². The van der Waals surface area contributed by atoms with Gasteiger partial charge < -0.3 is 9.30 Å². The van der Waals surface area contributed by atoms with E-state index in [4.69, 9.17) is 39.5 Å². The second-order valence-electron chi connectivity index (χ2n) is 5.70. The molecule has 0 spiro atoms. The average Bonchev–Trinajstić information content (AvgIpc) is 3.13. The first-order chi connectivity index (χ1) is 12.6. The van der Waals surface area contributed by atoms with E-state index in [9.17, 15) is 0 Å². The molecule has 1 aromatic heterocycles. The molecule has 0 aliphatic carbocycles. The van der Waals surface area contributed by atoms with Crippen LogP contribution in [0.5, 0.6) is 5.75 Å². The van der Waals surface area contributed by atoms with Gasteiger partial charge in [0.25, 0.3) is 0 Å². The van der Waals surface area contributed by atoms with Crippen LogP contribution in [0.15, 0.2) is 61.2 Å². The van der Waals surface area contributed by atoms with Crippen molar-refractivity contribution >= 4 is 46.6 Å². The lowest BCUT2D eigenvalue weighted by Gasteiger charge is -2.18. The molecule has 0 aliphatic rings. The van der Waals surface area contributed by atoms with Crippen LogP contribution in [0.1, 0.15) is 5.56 Å². The molecule has 0 saturated heterocycles. The topological polar surface area (TPSA) is 27.1 Å². The number of halogens is 3. The highest BCUT2D eigenvalue weighted by atomic mass is 35.5. The molecule has 26 heavy (non-hydrogen) atoms. The zero-order chi connectivity index (χ0) is 18.4. The summed E-state index contributed by atoms with van der Waals surface area (Å²) < 4.78 is 7.99. The van der Waals surface area contributed by atoms with Gasteiger partial charge in [-0.3, -0.25) is 0 Å². The lowest BCUT2D eigenvalue weighted by molar-refractivity contribution is 0.308. The molecule has 0 radical (unpaired) electrons. The maximum absolute atomic E-state index is 6.20. The average molecular weight is 428 g/mol. The largest absolute Gasteiger partial charge is 0.491 e. The van der Waals surface area contributed by atoms with E-state index < -0.39 is 0 Å². The van der Waals surface area contributed by atoms with E-state index in [1.165, 1.54) is 5.56 Å². The molecule has 3 rings (SSSR count). The van der Waals surface area contributed by atoms with Crippen molar-refractivity contribution in [2.24, 2.45) is 0 Å². The van der Waals surface area contributed by atoms with Crippen molar-refractivity contribution in [1.29, 1.82) is 0 Å². The summed E-state index contributed by atoms with van der Waals surface area (Å²) in [5.41, 5.74) is 1.22. The summed E-state index contributed by atoms with van der Waals surface area (Å²) in [5.74, 6) is 1.51. The molecule has 0 fully saturated rings. The molecule has 0 saturated carbocycles. The molecular weight excluding hydrogens is 411 g/mol. The number of ether oxygens (including phenoxy) is 1. The van der Waals surface area contributed by atoms with Crippen LogP contribution in [-0.2, 0) is 12.3 Å². The van der Waals surface area contributed by atoms with Gasteiger partial charge >= 0.3 is 0 Å². The molecule has 1 heterocycles. The Morgan fingerprint density at radius 2 is 1.81 bits per heavy atom. The maximum atomic E-state index is 6.20. The summed E-state index contributed by atoms with van der Waals surface area (Å²) in [4.78, 5) is 4.11. The van der Waals surface area contributed by atoms with Crippen LogP contribution in [0.4, 0.5) is 0 Å². The number of imidazole rings is 1. The summed E-state index contributed by atoms with van der Waals surface area (Å²) >= 11 is 19.9. The number of aromatic nitrogens is 2. The molecule has 7 heteroatoms. The molecule has 136 valence electrons. The molecule has 2 aromatic carbocycles. The number of rotatable bonds is 8. The predicted molar refractivity (Wildman–Crippen MR) is 111 cm³/mol. The highest BCUT2D eigenvalue weighted by Gasteiger charge is 2.13. The molecule has 0 amide bonds. The van der Waals surface area contributed by atoms with Crippen LogP contribution >= 0.6 is 46.6 Å². The van der Waals surface area contributed by atoms with Crippen molar-refractivity contribution in [3.63, 3.8) is 0 Å². The lowest BCUT2D eigenvalue weighted by Crippen LogP contribution is -2.21. The third kappa shape index (κ3) is 5.85. The van der Waals surface area contributed by atoms with Gasteiger partial charge in [0.05, 0.1) is 16.6 Å². The minimum absolute atomic E-state index is 0.228. The van der Waals surface area contributed by atoms with Crippen molar-refractivity contribution in [2.75, 3.05) is 6.61 Å². The minimum atomic E-state index is 0.228. The third-order valence-electron chi connectivity index (χ3n) is 3.69. The quantitative estimate of drug-likeness (QED) is 0.427. The number of benzene rings is 2. The van der Waals surface area contributed by atoms with Gasteiger partial charge in [0.1, 0.15) is 12.4 Å². The fourth-order valence-corrected chi connectivity index (χ4v) is 4.00. The van der Waals surface area contributed by atoms with E-state index in [0.29, 0.717) is 22.4 Å². The van der Waals surface area contributed by atoms with Gasteiger partial charge in [-0.1, -0.05) is 46.9 Å². The summed E-state index contributed by atoms with van der Waals surface area (Å²) in [6.45, 7) is 1.32. The summed E-state index contributed by atoms with van der Waals surface area (Å²) in [7, 11) is 0. The molecule has 0 bridgehead atoms. The normalized spacial score (nSPS) is 12.1. The van der Waals surface area contributed by atoms with Gasteiger partial charge in [-0.2, -0.15) is 0 Å². The zero-order valence-corrected chi connectivity index (χ0v) is 16.9. The number of hydrogen-bond acceptors (Lipinski definition) is 3. The van der Waals surface area contributed by atoms with Gasteiger partial charge in [-0.15, -0.1) is 11.8 Å². The zero-order valence-electron chi connectivity index (χ0n) is 13.8. The van der Waals surface area contributed by atoms with Crippen LogP contribution in [-0.4, -0.2) is 21.4 Å². The van der Waals surface area contributed by atoms with E-state index in [1.807, 2.05) is 53.1 Å². The van der Waals surface area contributed by atoms with E-state index in [-0.39, 0.29) is 5.25 Å². The maximum Gasteiger partial charge on any atom is 0.138 e. The van der Waals surface area contributed by atoms with E-state index >= 15 is 0 Å². The Bertz CT molecular complexity index is 825. The molecule has 3 nitrogen and oxygen atoms in total. The second kappa shape index (κ2) is 9.56. The monoisotopic (exact) mass is 426 g/mol. The lowest BCUT2D eigenvalue weighted by atomic mass is 10.2. The van der Waals surface area contributed by atoms with Crippen molar-refractivity contribution in [3.8, 4) is 5.75 Å². The Hall–Kier alpha value is -1.33. The number of hydrogen-bond donors (Lipinski definition) is 0. The highest BCUT2D eigenvalue weighted by molar-refractivity contribution is 7.99. The van der Waals surface area contributed by atoms with Gasteiger partial charge in [0.15, 0.2) is 0 Å². The Labute approximate surface area is 172 Å². The standard InChI is InChI=1S/C19H17Cl3N2OS/c20-15-3-1-14(2-4-15)12-26-17(10-24-8-7-23-13-24)11-25-19-6-5-16(21)9-18(19)22/h1-9,13,17H,10-12H2. The predicted octanol–water partition coefficient (Wildman–Crippen LogP) is 6.22. The van der Waals surface area contributed by atoms with Gasteiger partial charge in [-0.25, -0.2) is 4.98 Å². The third-order valence-corrected chi connectivity index (χ3v) is 5.73. The molecular formula is C19H17Cl3N2OS. The van der Waals surface area contributed by atoms with Crippen LogP contribution in [0.2, 0.25) is 15.1 Å². The van der Waals surface area contributed by atoms with E-state index in [2.05, 4.69) is 4.98 Å². The summed E-state index contributed by atoms with van der Waals surface area (Å²) in [5, 5.41) is 2.08. The van der Waals surface area contributed by atoms with Crippen molar-refractivity contribution < 1.29 is 4.74 Å². The van der Waals surface area contributed by atoms with Gasteiger partial charge in [0, 0.05) is 34.7 Å². The molecule has 1 unspecified atom stereocenters. The Kier molecular flexibility index (Phi) is 7.15. The molecule has 0 aliphatic heterocycles. The second-order valence-corrected chi connectivity index (χ2v) is 8.27. The first-order valence-corrected chi connectivity index (χ1v) is 10.2. The SMILES string of the molecule is Clc1ccc(CSC(COc2ccc(Cl)cc2Cl)Cn2ccnc2)cc1. The van der Waals surface area contributed by atoms with E-state index in [1.54, 1.807) is 24.4 Å². The number of thioether (sulfide) groups is 1. The molecule has 3 aromatic rings. The number of nitrogens with zero attached hydrogens (tertiary/aromatic N) is 2. The van der Waals surface area contributed by atoms with E-state index in [0.717, 1.165) is 17.3 Å². The fourth-order valence-electron chi connectivity index (χ4n) is 2.35. The van der Waals surface area contributed by atoms with Crippen LogP contribution < -0.4 is 4.74 Å². The Morgan fingerprint density at radius 1 is 1.04 bits per heavy atom. The Morgan fingerprint density at radius 3 is 2.50 bits per heavy atom. The van der Waals surface area contributed by atoms with Crippen molar-refractivity contribution in [3.05, 3.63) is 81.8 Å². The van der Waals surface area contributed by atoms with Crippen molar-refractivity contribution in [1.82, 2.24) is 9.55 Å². The molecule has 0 N–H and O–H groups in total. The van der Waals surface area contributed by atoms with Crippen LogP contribution in [0.3, 0.4) is 0 Å². The first kappa shape index (κ1) is 19.4. The van der Waals surface area contributed by atoms with Crippen LogP contribution in [0.25, 0.3) is 0 Å². The summed E-state index contributed by atoms with van der Waals surface area (Å²) in [6, 6.07) is 13.2. The minimum Gasteiger partial charge on any atom is -0.491 e. The van der Waals surface area contributed by atoms with Crippen LogP contribution in [0, 0.1) is 0 Å². The first-order valence-electron chi connectivity index (χ1n) is 8.00. The molecule has 1 atom stereocenters. The fraction of sp³-hybridized carbons (Fsp3) is 0.211. The highest BCUT2D eigenvalue weighted by Crippen LogP contribution is 2.29. The van der Waals surface area contributed by atoms with Gasteiger partial charge in [-0.05, 0) is 35.9 Å². The van der Waals surface area contributed by atoms with Crippen molar-refractivity contribution in [2.45, 2.75) is 17.5 Å².